The number of hydrogen-bond donors (Lipinski definition) is 2. The van der Waals surface area contributed by atoms with Gasteiger partial charge >= 0.3 is 5.97 Å². The topological polar surface area (TPSA) is 83.0 Å². The highest BCUT2D eigenvalue weighted by molar-refractivity contribution is 5.93. The van der Waals surface area contributed by atoms with Crippen LogP contribution in [0, 0.1) is 6.92 Å². The van der Waals surface area contributed by atoms with E-state index in [-0.39, 0.29) is 16.5 Å². The number of H-pyrrole nitrogens is 1. The maximum atomic E-state index is 12.2. The zero-order valence-electron chi connectivity index (χ0n) is 11.3. The Morgan fingerprint density at radius 1 is 1.19 bits per heavy atom. The summed E-state index contributed by atoms with van der Waals surface area (Å²) in [6.07, 6.45) is 0. The molecule has 0 saturated heterocycles. The van der Waals surface area contributed by atoms with E-state index in [2.05, 4.69) is 9.97 Å². The number of aryl methyl sites for hydroxylation is 1. The number of aromatic nitrogens is 2. The van der Waals surface area contributed by atoms with E-state index in [1.165, 1.54) is 12.1 Å². The highest BCUT2D eigenvalue weighted by Crippen LogP contribution is 2.20. The fourth-order valence-electron chi connectivity index (χ4n) is 2.24. The lowest BCUT2D eigenvalue weighted by Crippen LogP contribution is -2.11. The molecule has 0 amide bonds. The molecule has 0 radical (unpaired) electrons. The van der Waals surface area contributed by atoms with E-state index in [0.717, 1.165) is 11.1 Å². The lowest BCUT2D eigenvalue weighted by molar-refractivity contribution is 0.0697. The van der Waals surface area contributed by atoms with Crippen LogP contribution in [0.3, 0.4) is 0 Å². The van der Waals surface area contributed by atoms with Crippen molar-refractivity contribution in [3.63, 3.8) is 0 Å². The Morgan fingerprint density at radius 2 is 1.95 bits per heavy atom. The fourth-order valence-corrected chi connectivity index (χ4v) is 2.24. The number of benzene rings is 2. The molecular formula is C16H12N2O3. The number of nitrogens with one attached hydrogen (secondary N) is 1. The van der Waals surface area contributed by atoms with Gasteiger partial charge in [0.05, 0.1) is 16.5 Å². The second-order valence-electron chi connectivity index (χ2n) is 4.77. The summed E-state index contributed by atoms with van der Waals surface area (Å²) >= 11 is 0. The molecule has 3 aromatic rings. The van der Waals surface area contributed by atoms with E-state index in [1.54, 1.807) is 6.07 Å². The van der Waals surface area contributed by atoms with Crippen molar-refractivity contribution in [3.05, 3.63) is 63.9 Å². The van der Waals surface area contributed by atoms with Crippen LogP contribution < -0.4 is 5.56 Å². The number of carboxylic acids is 1. The number of carbonyl (C=O) groups is 1. The third-order valence-corrected chi connectivity index (χ3v) is 3.35. The van der Waals surface area contributed by atoms with Crippen LogP contribution in [-0.4, -0.2) is 21.0 Å². The molecule has 1 heterocycles. The monoisotopic (exact) mass is 280 g/mol. The van der Waals surface area contributed by atoms with E-state index in [9.17, 15) is 9.59 Å². The van der Waals surface area contributed by atoms with Gasteiger partial charge in [-0.3, -0.25) is 4.79 Å². The predicted octanol–water partition coefficient (Wildman–Crippen LogP) is 2.60. The van der Waals surface area contributed by atoms with Crippen molar-refractivity contribution in [1.82, 2.24) is 9.97 Å². The van der Waals surface area contributed by atoms with Gasteiger partial charge in [-0.25, -0.2) is 9.78 Å². The predicted molar refractivity (Wildman–Crippen MR) is 79.5 cm³/mol. The van der Waals surface area contributed by atoms with Gasteiger partial charge in [0, 0.05) is 5.56 Å². The van der Waals surface area contributed by atoms with Gasteiger partial charge in [0.25, 0.3) is 5.56 Å². The number of aromatic carboxylic acids is 1. The Morgan fingerprint density at radius 3 is 2.67 bits per heavy atom. The number of aromatic amines is 1. The van der Waals surface area contributed by atoms with Gasteiger partial charge in [0.15, 0.2) is 0 Å². The maximum Gasteiger partial charge on any atom is 0.335 e. The molecule has 0 aliphatic heterocycles. The van der Waals surface area contributed by atoms with Crippen LogP contribution in [0.1, 0.15) is 15.9 Å². The molecule has 2 aromatic carbocycles. The molecule has 0 spiro atoms. The number of hydrogen-bond acceptors (Lipinski definition) is 3. The van der Waals surface area contributed by atoms with Crippen molar-refractivity contribution in [1.29, 1.82) is 0 Å². The van der Waals surface area contributed by atoms with Crippen LogP contribution in [0.5, 0.6) is 0 Å². The van der Waals surface area contributed by atoms with Crippen LogP contribution >= 0.6 is 0 Å². The van der Waals surface area contributed by atoms with Crippen molar-refractivity contribution in [3.8, 4) is 11.4 Å². The maximum absolute atomic E-state index is 12.2. The summed E-state index contributed by atoms with van der Waals surface area (Å²) < 4.78 is 0. The Balaban J connectivity index is 2.26. The van der Waals surface area contributed by atoms with Gasteiger partial charge < -0.3 is 10.1 Å². The molecule has 104 valence electrons. The molecule has 0 bridgehead atoms. The average Bonchev–Trinajstić information content (AvgIpc) is 2.47. The highest BCUT2D eigenvalue weighted by Gasteiger charge is 2.10. The third-order valence-electron chi connectivity index (χ3n) is 3.35. The normalized spacial score (nSPS) is 10.7. The molecule has 0 saturated carbocycles. The van der Waals surface area contributed by atoms with Gasteiger partial charge in [-0.2, -0.15) is 0 Å². The summed E-state index contributed by atoms with van der Waals surface area (Å²) in [5, 5.41) is 9.24. The minimum absolute atomic E-state index is 0.0680. The Kier molecular flexibility index (Phi) is 3.02. The van der Waals surface area contributed by atoms with E-state index in [1.807, 2.05) is 31.2 Å². The molecule has 3 rings (SSSR count). The summed E-state index contributed by atoms with van der Waals surface area (Å²) in [5.41, 5.74) is 2.04. The summed E-state index contributed by atoms with van der Waals surface area (Å²) in [5.74, 6) is -0.590. The zero-order valence-corrected chi connectivity index (χ0v) is 11.3. The molecule has 2 N–H and O–H groups in total. The summed E-state index contributed by atoms with van der Waals surface area (Å²) in [6.45, 7) is 1.94. The first kappa shape index (κ1) is 13.1. The molecule has 0 aliphatic rings. The van der Waals surface area contributed by atoms with Crippen molar-refractivity contribution < 1.29 is 9.90 Å². The largest absolute Gasteiger partial charge is 0.478 e. The molecule has 0 unspecified atom stereocenters. The molecule has 0 fully saturated rings. The van der Waals surface area contributed by atoms with Crippen LogP contribution in [0.2, 0.25) is 0 Å². The molecule has 0 atom stereocenters. The summed E-state index contributed by atoms with van der Waals surface area (Å²) in [6, 6.07) is 11.9. The number of nitrogens with zero attached hydrogens (tertiary/aromatic N) is 1. The fraction of sp³-hybridized carbons (Fsp3) is 0.0625. The van der Waals surface area contributed by atoms with Gasteiger partial charge in [0.2, 0.25) is 0 Å². The first-order valence-corrected chi connectivity index (χ1v) is 6.39. The highest BCUT2D eigenvalue weighted by atomic mass is 16.4. The average molecular weight is 280 g/mol. The lowest BCUT2D eigenvalue weighted by Gasteiger charge is -2.06. The minimum Gasteiger partial charge on any atom is -0.478 e. The zero-order chi connectivity index (χ0) is 15.0. The van der Waals surface area contributed by atoms with E-state index < -0.39 is 5.97 Å². The Labute approximate surface area is 119 Å². The van der Waals surface area contributed by atoms with E-state index in [0.29, 0.717) is 11.3 Å². The van der Waals surface area contributed by atoms with Crippen molar-refractivity contribution in [2.45, 2.75) is 6.92 Å². The SMILES string of the molecule is Cc1ccccc1-c1nc2ccc(C(=O)O)cc2c(=O)[nH]1. The van der Waals surface area contributed by atoms with Gasteiger partial charge in [-0.15, -0.1) is 0 Å². The Bertz CT molecular complexity index is 913. The Hall–Kier alpha value is -2.95. The quantitative estimate of drug-likeness (QED) is 0.755. The van der Waals surface area contributed by atoms with Crippen LogP contribution in [0.25, 0.3) is 22.3 Å². The van der Waals surface area contributed by atoms with Gasteiger partial charge in [0.1, 0.15) is 5.82 Å². The second-order valence-corrected chi connectivity index (χ2v) is 4.77. The van der Waals surface area contributed by atoms with Crippen LogP contribution in [0.4, 0.5) is 0 Å². The van der Waals surface area contributed by atoms with Crippen molar-refractivity contribution in [2.75, 3.05) is 0 Å². The van der Waals surface area contributed by atoms with Gasteiger partial charge in [-0.1, -0.05) is 24.3 Å². The third kappa shape index (κ3) is 2.29. The van der Waals surface area contributed by atoms with Crippen molar-refractivity contribution >= 4 is 16.9 Å². The molecule has 0 aliphatic carbocycles. The first-order valence-electron chi connectivity index (χ1n) is 6.39. The molecular weight excluding hydrogens is 268 g/mol. The molecule has 5 heteroatoms. The van der Waals surface area contributed by atoms with Crippen LogP contribution in [0.15, 0.2) is 47.3 Å². The molecule has 21 heavy (non-hydrogen) atoms. The summed E-state index contributed by atoms with van der Waals surface area (Å²) in [4.78, 5) is 30.3. The summed E-state index contributed by atoms with van der Waals surface area (Å²) in [7, 11) is 0. The minimum atomic E-state index is -1.07. The number of fused-ring (bicyclic) bond motifs is 1. The molecule has 5 nitrogen and oxygen atoms in total. The van der Waals surface area contributed by atoms with Gasteiger partial charge in [-0.05, 0) is 30.7 Å². The number of rotatable bonds is 2. The van der Waals surface area contributed by atoms with E-state index in [4.69, 9.17) is 5.11 Å². The second kappa shape index (κ2) is 4.86. The standard InChI is InChI=1S/C16H12N2O3/c1-9-4-2-3-5-11(9)14-17-13-7-6-10(16(20)21)8-12(13)15(19)18-14/h2-8H,1H3,(H,20,21)(H,17,18,19). The van der Waals surface area contributed by atoms with Crippen molar-refractivity contribution in [2.24, 2.45) is 0 Å². The molecule has 1 aromatic heterocycles. The van der Waals surface area contributed by atoms with Crippen LogP contribution in [-0.2, 0) is 0 Å². The van der Waals surface area contributed by atoms with E-state index >= 15 is 0 Å². The number of carboxylic acid groups (broad SMARTS) is 1. The smallest absolute Gasteiger partial charge is 0.335 e. The lowest BCUT2D eigenvalue weighted by atomic mass is 10.1. The first-order chi connectivity index (χ1) is 10.1.